The van der Waals surface area contributed by atoms with Crippen LogP contribution in [0.1, 0.15) is 20.7 Å². The van der Waals surface area contributed by atoms with Crippen LogP contribution in [0.15, 0.2) is 48.5 Å². The molecule has 0 aliphatic carbocycles. The van der Waals surface area contributed by atoms with Crippen molar-refractivity contribution in [2.45, 2.75) is 0 Å². The fourth-order valence-electron chi connectivity index (χ4n) is 2.39. The number of hydrogen-bond acceptors (Lipinski definition) is 6. The van der Waals surface area contributed by atoms with Crippen molar-refractivity contribution in [3.05, 3.63) is 59.7 Å². The Labute approximate surface area is 180 Å². The van der Waals surface area contributed by atoms with Crippen LogP contribution in [0.3, 0.4) is 0 Å². The van der Waals surface area contributed by atoms with Gasteiger partial charge in [-0.25, -0.2) is 0 Å². The molecule has 0 unspecified atom stereocenters. The van der Waals surface area contributed by atoms with Crippen LogP contribution in [0.25, 0.3) is 0 Å². The summed E-state index contributed by atoms with van der Waals surface area (Å²) in [6, 6.07) is 13.5. The fraction of sp³-hybridized carbons (Fsp3) is 0.286. The number of ether oxygens (including phenoxy) is 3. The molecule has 2 aromatic rings. The van der Waals surface area contributed by atoms with Crippen LogP contribution in [0.2, 0.25) is 0 Å². The van der Waals surface area contributed by atoms with Gasteiger partial charge in [-0.2, -0.15) is 0 Å². The van der Waals surface area contributed by atoms with Crippen LogP contribution in [0.4, 0.5) is 5.69 Å². The van der Waals surface area contributed by atoms with Crippen molar-refractivity contribution in [2.24, 2.45) is 0 Å². The zero-order valence-electron chi connectivity index (χ0n) is 16.9. The van der Waals surface area contributed by atoms with Gasteiger partial charge in [0.15, 0.2) is 5.11 Å². The lowest BCUT2D eigenvalue weighted by Gasteiger charge is -2.11. The average Bonchev–Trinajstić information content (AvgIpc) is 2.74. The van der Waals surface area contributed by atoms with E-state index in [4.69, 9.17) is 26.4 Å². The summed E-state index contributed by atoms with van der Waals surface area (Å²) in [6.07, 6.45) is 0. The first-order valence-corrected chi connectivity index (χ1v) is 9.65. The molecule has 0 radical (unpaired) electrons. The number of rotatable bonds is 10. The highest BCUT2D eigenvalue weighted by atomic mass is 32.1. The summed E-state index contributed by atoms with van der Waals surface area (Å²) < 4.78 is 15.3. The molecule has 30 heavy (non-hydrogen) atoms. The average molecular weight is 432 g/mol. The lowest BCUT2D eigenvalue weighted by Crippen LogP contribution is -2.34. The standard InChI is InChI=1S/C21H25N3O5S/c1-27-11-10-22-19(25)16-4-3-5-17(14-16)23-21(30)24-20(26)15-6-8-18(9-7-15)29-13-12-28-2/h3-9,14H,10-13H2,1-2H3,(H,22,25)(H2,23,24,26,30). The summed E-state index contributed by atoms with van der Waals surface area (Å²) in [4.78, 5) is 24.5. The predicted molar refractivity (Wildman–Crippen MR) is 118 cm³/mol. The Bertz CT molecular complexity index is 858. The fourth-order valence-corrected chi connectivity index (χ4v) is 2.60. The molecule has 3 N–H and O–H groups in total. The van der Waals surface area contributed by atoms with Gasteiger partial charge in [-0.05, 0) is 54.7 Å². The van der Waals surface area contributed by atoms with Crippen molar-refractivity contribution in [1.82, 2.24) is 10.6 Å². The van der Waals surface area contributed by atoms with Crippen LogP contribution in [0, 0.1) is 0 Å². The third-order valence-corrected chi connectivity index (χ3v) is 4.08. The second kappa shape index (κ2) is 12.5. The van der Waals surface area contributed by atoms with E-state index >= 15 is 0 Å². The van der Waals surface area contributed by atoms with Gasteiger partial charge in [0.1, 0.15) is 12.4 Å². The normalized spacial score (nSPS) is 10.2. The first kappa shape index (κ1) is 23.3. The molecular formula is C21H25N3O5S. The monoisotopic (exact) mass is 431 g/mol. The molecule has 2 rings (SSSR count). The zero-order valence-corrected chi connectivity index (χ0v) is 17.7. The molecule has 160 valence electrons. The van der Waals surface area contributed by atoms with E-state index in [0.29, 0.717) is 48.9 Å². The van der Waals surface area contributed by atoms with Crippen LogP contribution >= 0.6 is 12.2 Å². The van der Waals surface area contributed by atoms with Gasteiger partial charge in [0, 0.05) is 37.6 Å². The molecule has 2 amide bonds. The maximum atomic E-state index is 12.4. The number of hydrogen-bond donors (Lipinski definition) is 3. The van der Waals surface area contributed by atoms with Gasteiger partial charge in [0.25, 0.3) is 11.8 Å². The number of carbonyl (C=O) groups excluding carboxylic acids is 2. The molecule has 0 saturated heterocycles. The molecule has 0 aliphatic heterocycles. The van der Waals surface area contributed by atoms with E-state index in [-0.39, 0.29) is 16.9 Å². The number of nitrogens with one attached hydrogen (secondary N) is 3. The summed E-state index contributed by atoms with van der Waals surface area (Å²) >= 11 is 5.20. The van der Waals surface area contributed by atoms with Crippen molar-refractivity contribution in [1.29, 1.82) is 0 Å². The van der Waals surface area contributed by atoms with Gasteiger partial charge in [-0.3, -0.25) is 14.9 Å². The number of anilines is 1. The molecule has 0 aromatic heterocycles. The Morgan fingerprint density at radius 2 is 1.63 bits per heavy atom. The van der Waals surface area contributed by atoms with E-state index < -0.39 is 0 Å². The van der Waals surface area contributed by atoms with Crippen molar-refractivity contribution in [3.63, 3.8) is 0 Å². The van der Waals surface area contributed by atoms with Crippen molar-refractivity contribution in [3.8, 4) is 5.75 Å². The minimum Gasteiger partial charge on any atom is -0.491 e. The van der Waals surface area contributed by atoms with Gasteiger partial charge in [0.2, 0.25) is 0 Å². The number of thiocarbonyl (C=S) groups is 1. The molecule has 9 heteroatoms. The second-order valence-electron chi connectivity index (χ2n) is 6.10. The first-order valence-electron chi connectivity index (χ1n) is 9.25. The highest BCUT2D eigenvalue weighted by molar-refractivity contribution is 7.80. The molecule has 8 nitrogen and oxygen atoms in total. The van der Waals surface area contributed by atoms with Gasteiger partial charge >= 0.3 is 0 Å². The number of methoxy groups -OCH3 is 2. The van der Waals surface area contributed by atoms with Crippen molar-refractivity contribution < 1.29 is 23.8 Å². The lowest BCUT2D eigenvalue weighted by atomic mass is 10.2. The van der Waals surface area contributed by atoms with Gasteiger partial charge in [-0.15, -0.1) is 0 Å². The topological polar surface area (TPSA) is 97.9 Å². The minimum absolute atomic E-state index is 0.123. The van der Waals surface area contributed by atoms with Crippen LogP contribution in [-0.2, 0) is 9.47 Å². The molecular weight excluding hydrogens is 406 g/mol. The third kappa shape index (κ3) is 7.78. The largest absolute Gasteiger partial charge is 0.491 e. The molecule has 0 bridgehead atoms. The van der Waals surface area contributed by atoms with E-state index in [1.165, 1.54) is 0 Å². The summed E-state index contributed by atoms with van der Waals surface area (Å²) in [5.41, 5.74) is 1.49. The molecule has 2 aromatic carbocycles. The molecule has 0 saturated carbocycles. The molecule has 0 aliphatic rings. The van der Waals surface area contributed by atoms with E-state index in [1.807, 2.05) is 0 Å². The number of carbonyl (C=O) groups is 2. The Morgan fingerprint density at radius 1 is 0.900 bits per heavy atom. The van der Waals surface area contributed by atoms with Crippen LogP contribution in [-0.4, -0.2) is 57.5 Å². The highest BCUT2D eigenvalue weighted by Crippen LogP contribution is 2.13. The van der Waals surface area contributed by atoms with Crippen molar-refractivity contribution in [2.75, 3.05) is 45.9 Å². The molecule has 0 fully saturated rings. The highest BCUT2D eigenvalue weighted by Gasteiger charge is 2.10. The summed E-state index contributed by atoms with van der Waals surface area (Å²) in [5, 5.41) is 8.38. The number of amides is 2. The summed E-state index contributed by atoms with van der Waals surface area (Å²) in [6.45, 7) is 1.76. The van der Waals surface area contributed by atoms with E-state index in [0.717, 1.165) is 0 Å². The lowest BCUT2D eigenvalue weighted by molar-refractivity contribution is 0.0935. The Kier molecular flexibility index (Phi) is 9.72. The van der Waals surface area contributed by atoms with E-state index in [2.05, 4.69) is 16.0 Å². The van der Waals surface area contributed by atoms with Gasteiger partial charge < -0.3 is 24.8 Å². The van der Waals surface area contributed by atoms with Crippen molar-refractivity contribution >= 4 is 34.8 Å². The quantitative estimate of drug-likeness (QED) is 0.392. The van der Waals surface area contributed by atoms with E-state index in [9.17, 15) is 9.59 Å². The SMILES string of the molecule is COCCNC(=O)c1cccc(NC(=S)NC(=O)c2ccc(OCCOC)cc2)c1. The van der Waals surface area contributed by atoms with E-state index in [1.54, 1.807) is 62.8 Å². The smallest absolute Gasteiger partial charge is 0.257 e. The minimum atomic E-state index is -0.357. The number of benzene rings is 2. The first-order chi connectivity index (χ1) is 14.5. The maximum Gasteiger partial charge on any atom is 0.257 e. The molecule has 0 heterocycles. The molecule has 0 atom stereocenters. The summed E-state index contributed by atoms with van der Waals surface area (Å²) in [5.74, 6) is 0.0627. The van der Waals surface area contributed by atoms with Gasteiger partial charge in [-0.1, -0.05) is 6.07 Å². The Morgan fingerprint density at radius 3 is 2.33 bits per heavy atom. The third-order valence-electron chi connectivity index (χ3n) is 3.87. The Balaban J connectivity index is 1.88. The molecule has 0 spiro atoms. The summed E-state index contributed by atoms with van der Waals surface area (Å²) in [7, 11) is 3.17. The van der Waals surface area contributed by atoms with Crippen LogP contribution in [0.5, 0.6) is 5.75 Å². The predicted octanol–water partition coefficient (Wildman–Crippen LogP) is 2.21. The zero-order chi connectivity index (χ0) is 21.8. The van der Waals surface area contributed by atoms with Crippen LogP contribution < -0.4 is 20.7 Å². The maximum absolute atomic E-state index is 12.4. The van der Waals surface area contributed by atoms with Gasteiger partial charge in [0.05, 0.1) is 13.2 Å². The second-order valence-corrected chi connectivity index (χ2v) is 6.51. The Hall–Kier alpha value is -3.01.